The van der Waals surface area contributed by atoms with E-state index >= 15 is 0 Å². The van der Waals surface area contributed by atoms with Crippen molar-refractivity contribution in [3.63, 3.8) is 0 Å². The molecule has 0 spiro atoms. The van der Waals surface area contributed by atoms with Crippen LogP contribution in [0.3, 0.4) is 0 Å². The van der Waals surface area contributed by atoms with Gasteiger partial charge < -0.3 is 15.2 Å². The molecular weight excluding hydrogens is 425 g/mol. The summed E-state index contributed by atoms with van der Waals surface area (Å²) < 4.78 is 5.84. The van der Waals surface area contributed by atoms with E-state index in [0.717, 1.165) is 11.1 Å². The van der Waals surface area contributed by atoms with Gasteiger partial charge in [-0.25, -0.2) is 4.79 Å². The van der Waals surface area contributed by atoms with Crippen LogP contribution in [0.5, 0.6) is 5.75 Å². The Kier molecular flexibility index (Phi) is 6.98. The maximum absolute atomic E-state index is 12.9. The van der Waals surface area contributed by atoms with E-state index in [1.807, 2.05) is 25.1 Å². The van der Waals surface area contributed by atoms with Crippen LogP contribution in [0.4, 0.5) is 0 Å². The Hall–Kier alpha value is -3.02. The fraction of sp³-hybridized carbons (Fsp3) is 0.130. The number of ether oxygens (including phenoxy) is 1. The van der Waals surface area contributed by atoms with Crippen LogP contribution in [0.15, 0.2) is 66.7 Å². The molecule has 0 heterocycles. The van der Waals surface area contributed by atoms with Gasteiger partial charge >= 0.3 is 5.97 Å². The topological polar surface area (TPSA) is 75.6 Å². The fourth-order valence-electron chi connectivity index (χ4n) is 2.85. The second kappa shape index (κ2) is 9.65. The molecular formula is C23H19Cl2NO4. The van der Waals surface area contributed by atoms with Gasteiger partial charge in [-0.1, -0.05) is 53.5 Å². The van der Waals surface area contributed by atoms with Crippen LogP contribution in [0.25, 0.3) is 0 Å². The molecule has 3 aromatic rings. The number of halogens is 2. The number of carbonyl (C=O) groups is 2. The lowest BCUT2D eigenvalue weighted by Crippen LogP contribution is -2.27. The van der Waals surface area contributed by atoms with Crippen LogP contribution in [-0.2, 0) is 6.61 Å². The predicted octanol–water partition coefficient (Wildman–Crippen LogP) is 5.76. The Labute approximate surface area is 184 Å². The first-order valence-electron chi connectivity index (χ1n) is 9.15. The smallest absolute Gasteiger partial charge is 0.335 e. The van der Waals surface area contributed by atoms with Crippen molar-refractivity contribution in [2.24, 2.45) is 0 Å². The molecule has 0 aliphatic rings. The third-order valence-electron chi connectivity index (χ3n) is 4.53. The van der Waals surface area contributed by atoms with Gasteiger partial charge in [-0.05, 0) is 48.9 Å². The number of carboxylic acid groups (broad SMARTS) is 1. The minimum absolute atomic E-state index is 0.183. The first-order valence-corrected chi connectivity index (χ1v) is 9.90. The quantitative estimate of drug-likeness (QED) is 0.486. The van der Waals surface area contributed by atoms with Crippen molar-refractivity contribution in [1.82, 2.24) is 5.32 Å². The van der Waals surface area contributed by atoms with Gasteiger partial charge in [0.25, 0.3) is 5.91 Å². The number of carboxylic acids is 1. The van der Waals surface area contributed by atoms with E-state index in [2.05, 4.69) is 5.32 Å². The van der Waals surface area contributed by atoms with Gasteiger partial charge in [0.15, 0.2) is 0 Å². The predicted molar refractivity (Wildman–Crippen MR) is 117 cm³/mol. The highest BCUT2D eigenvalue weighted by atomic mass is 35.5. The summed E-state index contributed by atoms with van der Waals surface area (Å²) in [7, 11) is 0. The number of benzene rings is 3. The highest BCUT2D eigenvalue weighted by molar-refractivity contribution is 6.31. The van der Waals surface area contributed by atoms with Gasteiger partial charge in [0, 0.05) is 15.6 Å². The molecule has 0 saturated carbocycles. The molecule has 1 atom stereocenters. The molecule has 0 radical (unpaired) electrons. The number of aromatic carboxylic acids is 1. The van der Waals surface area contributed by atoms with E-state index in [1.54, 1.807) is 36.4 Å². The van der Waals surface area contributed by atoms with Crippen molar-refractivity contribution in [2.75, 3.05) is 0 Å². The summed E-state index contributed by atoms with van der Waals surface area (Å²) in [6.07, 6.45) is 0. The average molecular weight is 444 g/mol. The van der Waals surface area contributed by atoms with Crippen molar-refractivity contribution < 1.29 is 19.4 Å². The summed E-state index contributed by atoms with van der Waals surface area (Å²) in [4.78, 5) is 23.9. The first kappa shape index (κ1) is 21.7. The number of amides is 1. The van der Waals surface area contributed by atoms with E-state index in [1.165, 1.54) is 12.1 Å². The van der Waals surface area contributed by atoms with E-state index in [9.17, 15) is 9.59 Å². The summed E-state index contributed by atoms with van der Waals surface area (Å²) in [5, 5.41) is 12.9. The van der Waals surface area contributed by atoms with Crippen molar-refractivity contribution in [3.8, 4) is 5.75 Å². The third kappa shape index (κ3) is 5.32. The third-order valence-corrected chi connectivity index (χ3v) is 5.14. The van der Waals surface area contributed by atoms with E-state index in [4.69, 9.17) is 33.0 Å². The molecule has 5 nitrogen and oxygen atoms in total. The highest BCUT2D eigenvalue weighted by Gasteiger charge is 2.17. The molecule has 7 heteroatoms. The molecule has 0 fully saturated rings. The van der Waals surface area contributed by atoms with Crippen LogP contribution in [0.2, 0.25) is 10.0 Å². The van der Waals surface area contributed by atoms with Gasteiger partial charge in [0.05, 0.1) is 17.2 Å². The van der Waals surface area contributed by atoms with Crippen molar-refractivity contribution in [2.45, 2.75) is 19.6 Å². The number of rotatable bonds is 7. The summed E-state index contributed by atoms with van der Waals surface area (Å²) in [5.41, 5.74) is 2.05. The first-order chi connectivity index (χ1) is 14.3. The summed E-state index contributed by atoms with van der Waals surface area (Å²) in [5.74, 6) is -0.982. The molecule has 3 rings (SSSR count). The maximum atomic E-state index is 12.9. The number of nitrogens with one attached hydrogen (secondary N) is 1. The monoisotopic (exact) mass is 443 g/mol. The SMILES string of the molecule is C[C@H](NC(=O)c1cc(Cl)ccc1OCc1ccccc1Cl)c1ccc(C(=O)O)cc1. The van der Waals surface area contributed by atoms with Crippen LogP contribution in [0.1, 0.15) is 44.8 Å². The molecule has 0 bridgehead atoms. The zero-order chi connectivity index (χ0) is 21.7. The standard InChI is InChI=1S/C23H19Cl2NO4/c1-14(15-6-8-16(9-7-15)23(28)29)26-22(27)19-12-18(24)10-11-21(19)30-13-17-4-2-3-5-20(17)25/h2-12,14H,13H2,1H3,(H,26,27)(H,28,29)/t14-/m0/s1. The molecule has 154 valence electrons. The second-order valence-electron chi connectivity index (χ2n) is 6.64. The van der Waals surface area contributed by atoms with Crippen molar-refractivity contribution in [1.29, 1.82) is 0 Å². The van der Waals surface area contributed by atoms with Crippen LogP contribution in [0, 0.1) is 0 Å². The average Bonchev–Trinajstić information content (AvgIpc) is 2.73. The Morgan fingerprint density at radius 3 is 2.40 bits per heavy atom. The second-order valence-corrected chi connectivity index (χ2v) is 7.49. The van der Waals surface area contributed by atoms with Gasteiger partial charge in [-0.15, -0.1) is 0 Å². The molecule has 1 amide bonds. The minimum Gasteiger partial charge on any atom is -0.488 e. The molecule has 0 saturated heterocycles. The van der Waals surface area contributed by atoms with E-state index in [-0.39, 0.29) is 24.1 Å². The Bertz CT molecular complexity index is 1070. The Morgan fingerprint density at radius 2 is 1.73 bits per heavy atom. The van der Waals surface area contributed by atoms with Crippen molar-refractivity contribution >= 4 is 35.1 Å². The van der Waals surface area contributed by atoms with E-state index in [0.29, 0.717) is 21.4 Å². The molecule has 0 aliphatic carbocycles. The summed E-state index contributed by atoms with van der Waals surface area (Å²) in [6, 6.07) is 18.1. The van der Waals surface area contributed by atoms with E-state index < -0.39 is 5.97 Å². The lowest BCUT2D eigenvalue weighted by atomic mass is 10.1. The summed E-state index contributed by atoms with van der Waals surface area (Å²) in [6.45, 7) is 2.01. The Morgan fingerprint density at radius 1 is 1.03 bits per heavy atom. The fourth-order valence-corrected chi connectivity index (χ4v) is 3.21. The zero-order valence-corrected chi connectivity index (χ0v) is 17.6. The number of hydrogen-bond donors (Lipinski definition) is 2. The van der Waals surface area contributed by atoms with Crippen molar-refractivity contribution in [3.05, 3.63) is 99.0 Å². The maximum Gasteiger partial charge on any atom is 0.335 e. The highest BCUT2D eigenvalue weighted by Crippen LogP contribution is 2.26. The zero-order valence-electron chi connectivity index (χ0n) is 16.1. The van der Waals surface area contributed by atoms with Gasteiger partial charge in [0.1, 0.15) is 12.4 Å². The summed E-state index contributed by atoms with van der Waals surface area (Å²) >= 11 is 12.3. The van der Waals surface area contributed by atoms with Gasteiger partial charge in [-0.2, -0.15) is 0 Å². The normalized spacial score (nSPS) is 11.6. The molecule has 3 aromatic carbocycles. The lowest BCUT2D eigenvalue weighted by molar-refractivity contribution is 0.0696. The van der Waals surface area contributed by atoms with Gasteiger partial charge in [0.2, 0.25) is 0 Å². The Balaban J connectivity index is 1.75. The largest absolute Gasteiger partial charge is 0.488 e. The molecule has 0 unspecified atom stereocenters. The van der Waals surface area contributed by atoms with Gasteiger partial charge in [-0.3, -0.25) is 4.79 Å². The lowest BCUT2D eigenvalue weighted by Gasteiger charge is -2.17. The molecule has 0 aromatic heterocycles. The minimum atomic E-state index is -1.00. The molecule has 2 N–H and O–H groups in total. The van der Waals surface area contributed by atoms with Crippen LogP contribution in [-0.4, -0.2) is 17.0 Å². The van der Waals surface area contributed by atoms with Crippen LogP contribution < -0.4 is 10.1 Å². The number of hydrogen-bond acceptors (Lipinski definition) is 3. The molecule has 0 aliphatic heterocycles. The molecule has 30 heavy (non-hydrogen) atoms. The number of carbonyl (C=O) groups excluding carboxylic acids is 1. The van der Waals surface area contributed by atoms with Crippen LogP contribution >= 0.6 is 23.2 Å².